The Morgan fingerprint density at radius 1 is 1.04 bits per heavy atom. The average molecular weight is 429 g/mol. The van der Waals surface area contributed by atoms with Crippen molar-refractivity contribution in [3.05, 3.63) is 57.6 Å². The molecule has 0 aromatic heterocycles. The number of amides is 1. The molecule has 146 valence electrons. The number of nitrogens with one attached hydrogen (secondary N) is 1. The third kappa shape index (κ3) is 5.37. The van der Waals surface area contributed by atoms with Crippen molar-refractivity contribution in [1.29, 1.82) is 0 Å². The Morgan fingerprint density at radius 3 is 2.11 bits per heavy atom. The van der Waals surface area contributed by atoms with E-state index in [2.05, 4.69) is 5.32 Å². The first-order chi connectivity index (χ1) is 12.7. The van der Waals surface area contributed by atoms with Crippen LogP contribution < -0.4 is 9.62 Å². The second kappa shape index (κ2) is 8.95. The number of anilines is 2. The maximum absolute atomic E-state index is 12.7. The molecule has 0 fully saturated rings. The van der Waals surface area contributed by atoms with Crippen LogP contribution in [0.4, 0.5) is 11.4 Å². The summed E-state index contributed by atoms with van der Waals surface area (Å²) in [5.41, 5.74) is 3.03. The van der Waals surface area contributed by atoms with E-state index in [1.807, 2.05) is 32.0 Å². The van der Waals surface area contributed by atoms with Gasteiger partial charge < -0.3 is 5.32 Å². The van der Waals surface area contributed by atoms with Crippen molar-refractivity contribution in [3.8, 4) is 0 Å². The number of para-hydroxylation sites is 1. The van der Waals surface area contributed by atoms with Gasteiger partial charge in [0.25, 0.3) is 0 Å². The van der Waals surface area contributed by atoms with Crippen LogP contribution in [0.3, 0.4) is 0 Å². The molecule has 0 aliphatic carbocycles. The maximum atomic E-state index is 12.7. The normalized spacial score (nSPS) is 11.3. The van der Waals surface area contributed by atoms with Gasteiger partial charge in [-0.3, -0.25) is 9.10 Å². The summed E-state index contributed by atoms with van der Waals surface area (Å²) in [5.74, 6) is -0.429. The molecule has 27 heavy (non-hydrogen) atoms. The first kappa shape index (κ1) is 21.5. The summed E-state index contributed by atoms with van der Waals surface area (Å²) in [6, 6.07) is 10.3. The molecule has 0 saturated heterocycles. The number of carbonyl (C=O) groups is 1. The van der Waals surface area contributed by atoms with Gasteiger partial charge in [0.05, 0.1) is 22.0 Å². The summed E-state index contributed by atoms with van der Waals surface area (Å²) in [4.78, 5) is 12.7. The fourth-order valence-electron chi connectivity index (χ4n) is 2.75. The van der Waals surface area contributed by atoms with Gasteiger partial charge in [-0.15, -0.1) is 0 Å². The van der Waals surface area contributed by atoms with E-state index in [1.165, 1.54) is 18.2 Å². The highest BCUT2D eigenvalue weighted by molar-refractivity contribution is 7.92. The Morgan fingerprint density at radius 2 is 1.63 bits per heavy atom. The van der Waals surface area contributed by atoms with Crippen molar-refractivity contribution in [1.82, 2.24) is 0 Å². The highest BCUT2D eigenvalue weighted by atomic mass is 35.5. The monoisotopic (exact) mass is 428 g/mol. The molecule has 1 N–H and O–H groups in total. The first-order valence-electron chi connectivity index (χ1n) is 8.50. The standard InChI is InChI=1S/C19H22Cl2N2O3S/c1-4-13-7-6-8-14(5-2)19(13)22-18(24)12-23(27(3,25)26)15-9-10-16(20)17(21)11-15/h6-11H,4-5,12H2,1-3H3,(H,22,24). The highest BCUT2D eigenvalue weighted by Crippen LogP contribution is 2.29. The van der Waals surface area contributed by atoms with Gasteiger partial charge in [-0.2, -0.15) is 0 Å². The second-order valence-electron chi connectivity index (χ2n) is 6.07. The Hall–Kier alpha value is -1.76. The third-order valence-corrected chi connectivity index (χ3v) is 6.02. The minimum absolute atomic E-state index is 0.216. The zero-order valence-corrected chi connectivity index (χ0v) is 17.7. The van der Waals surface area contributed by atoms with Crippen molar-refractivity contribution >= 4 is 50.5 Å². The maximum Gasteiger partial charge on any atom is 0.245 e. The Bertz CT molecular complexity index is 924. The molecule has 2 aromatic carbocycles. The molecule has 0 spiro atoms. The molecule has 1 amide bonds. The van der Waals surface area contributed by atoms with E-state index in [1.54, 1.807) is 0 Å². The predicted molar refractivity (Wildman–Crippen MR) is 112 cm³/mol. The Balaban J connectivity index is 2.32. The lowest BCUT2D eigenvalue weighted by Crippen LogP contribution is -2.37. The number of rotatable bonds is 7. The molecular weight excluding hydrogens is 407 g/mol. The molecule has 5 nitrogen and oxygen atoms in total. The SMILES string of the molecule is CCc1cccc(CC)c1NC(=O)CN(c1ccc(Cl)c(Cl)c1)S(C)(=O)=O. The number of nitrogens with zero attached hydrogens (tertiary/aromatic N) is 1. The van der Waals surface area contributed by atoms with E-state index < -0.39 is 15.9 Å². The number of benzene rings is 2. The van der Waals surface area contributed by atoms with Crippen LogP contribution >= 0.6 is 23.2 Å². The van der Waals surface area contributed by atoms with Gasteiger partial charge in [0.1, 0.15) is 6.54 Å². The molecule has 2 aromatic rings. The highest BCUT2D eigenvalue weighted by Gasteiger charge is 2.22. The van der Waals surface area contributed by atoms with Gasteiger partial charge in [-0.25, -0.2) is 8.42 Å². The van der Waals surface area contributed by atoms with Crippen molar-refractivity contribution in [2.24, 2.45) is 0 Å². The quantitative estimate of drug-likeness (QED) is 0.704. The molecule has 0 aliphatic rings. The lowest BCUT2D eigenvalue weighted by Gasteiger charge is -2.23. The molecule has 2 rings (SSSR count). The van der Waals surface area contributed by atoms with E-state index in [0.29, 0.717) is 5.02 Å². The largest absolute Gasteiger partial charge is 0.324 e. The smallest absolute Gasteiger partial charge is 0.245 e. The number of carbonyl (C=O) groups excluding carboxylic acids is 1. The van der Waals surface area contributed by atoms with Crippen molar-refractivity contribution in [2.45, 2.75) is 26.7 Å². The zero-order valence-electron chi connectivity index (χ0n) is 15.4. The van der Waals surface area contributed by atoms with Crippen LogP contribution in [0.15, 0.2) is 36.4 Å². The van der Waals surface area contributed by atoms with E-state index in [-0.39, 0.29) is 17.3 Å². The lowest BCUT2D eigenvalue weighted by molar-refractivity contribution is -0.114. The van der Waals surface area contributed by atoms with Crippen LogP contribution in [-0.2, 0) is 27.7 Å². The molecular formula is C19H22Cl2N2O3S. The van der Waals surface area contributed by atoms with Crippen LogP contribution in [0.5, 0.6) is 0 Å². The van der Waals surface area contributed by atoms with Crippen molar-refractivity contribution in [2.75, 3.05) is 22.4 Å². The predicted octanol–water partition coefficient (Wildman–Crippen LogP) is 4.52. The van der Waals surface area contributed by atoms with E-state index >= 15 is 0 Å². The van der Waals surface area contributed by atoms with Crippen LogP contribution in [0.1, 0.15) is 25.0 Å². The van der Waals surface area contributed by atoms with Crippen LogP contribution in [0.25, 0.3) is 0 Å². The summed E-state index contributed by atoms with van der Waals surface area (Å²) in [7, 11) is -3.70. The number of hydrogen-bond acceptors (Lipinski definition) is 3. The van der Waals surface area contributed by atoms with Crippen LogP contribution in [0, 0.1) is 0 Å². The van der Waals surface area contributed by atoms with Gasteiger partial charge in [0.2, 0.25) is 15.9 Å². The third-order valence-electron chi connectivity index (χ3n) is 4.14. The van der Waals surface area contributed by atoms with E-state index in [9.17, 15) is 13.2 Å². The second-order valence-corrected chi connectivity index (χ2v) is 8.80. The first-order valence-corrected chi connectivity index (χ1v) is 11.1. The fraction of sp³-hybridized carbons (Fsp3) is 0.316. The molecule has 0 bridgehead atoms. The summed E-state index contributed by atoms with van der Waals surface area (Å²) in [5, 5.41) is 3.40. The van der Waals surface area contributed by atoms with Gasteiger partial charge in [0.15, 0.2) is 0 Å². The molecule has 0 heterocycles. The fourth-order valence-corrected chi connectivity index (χ4v) is 3.89. The topological polar surface area (TPSA) is 66.5 Å². The van der Waals surface area contributed by atoms with E-state index in [0.717, 1.165) is 40.2 Å². The Labute approximate surface area is 170 Å². The number of aryl methyl sites for hydroxylation is 2. The molecule has 0 atom stereocenters. The number of sulfonamides is 1. The van der Waals surface area contributed by atoms with Crippen molar-refractivity contribution < 1.29 is 13.2 Å². The summed E-state index contributed by atoms with van der Waals surface area (Å²) in [6.07, 6.45) is 2.55. The Kier molecular flexibility index (Phi) is 7.14. The van der Waals surface area contributed by atoms with Crippen LogP contribution in [0.2, 0.25) is 10.0 Å². The molecule has 0 radical (unpaired) electrons. The van der Waals surface area contributed by atoms with Gasteiger partial charge in [-0.05, 0) is 42.2 Å². The molecule has 0 unspecified atom stereocenters. The summed E-state index contributed by atoms with van der Waals surface area (Å²) >= 11 is 11.9. The zero-order chi connectivity index (χ0) is 20.2. The molecule has 0 saturated carbocycles. The lowest BCUT2D eigenvalue weighted by atomic mass is 10.0. The average Bonchev–Trinajstić information content (AvgIpc) is 2.61. The molecule has 8 heteroatoms. The number of hydrogen-bond donors (Lipinski definition) is 1. The summed E-state index contributed by atoms with van der Waals surface area (Å²) in [6.45, 7) is 3.64. The number of halogens is 2. The van der Waals surface area contributed by atoms with Gasteiger partial charge in [0, 0.05) is 5.69 Å². The summed E-state index contributed by atoms with van der Waals surface area (Å²) < 4.78 is 25.5. The van der Waals surface area contributed by atoms with Crippen LogP contribution in [-0.4, -0.2) is 27.1 Å². The van der Waals surface area contributed by atoms with E-state index in [4.69, 9.17) is 23.2 Å². The minimum atomic E-state index is -3.70. The minimum Gasteiger partial charge on any atom is -0.324 e. The van der Waals surface area contributed by atoms with Gasteiger partial charge in [-0.1, -0.05) is 55.2 Å². The van der Waals surface area contributed by atoms with Gasteiger partial charge >= 0.3 is 0 Å². The molecule has 0 aliphatic heterocycles. The van der Waals surface area contributed by atoms with Crippen molar-refractivity contribution in [3.63, 3.8) is 0 Å².